The van der Waals surface area contributed by atoms with Crippen LogP contribution in [0.5, 0.6) is 0 Å². The Kier molecular flexibility index (Phi) is 5.01. The number of hydrogen-bond acceptors (Lipinski definition) is 5. The summed E-state index contributed by atoms with van der Waals surface area (Å²) in [6.07, 6.45) is -1.14. The van der Waals surface area contributed by atoms with Crippen LogP contribution in [-0.2, 0) is 16.1 Å². The minimum atomic E-state index is -1.14. The van der Waals surface area contributed by atoms with Crippen molar-refractivity contribution >= 4 is 17.9 Å². The van der Waals surface area contributed by atoms with Gasteiger partial charge in [-0.05, 0) is 24.6 Å². The predicted octanol–water partition coefficient (Wildman–Crippen LogP) is -0.0809. The van der Waals surface area contributed by atoms with E-state index in [4.69, 9.17) is 15.6 Å². The third-order valence-electron chi connectivity index (χ3n) is 2.27. The van der Waals surface area contributed by atoms with Crippen LogP contribution in [-0.4, -0.2) is 29.1 Å². The van der Waals surface area contributed by atoms with Gasteiger partial charge in [-0.1, -0.05) is 12.1 Å². The normalized spacial score (nSPS) is 11.5. The summed E-state index contributed by atoms with van der Waals surface area (Å²) >= 11 is 0. The smallest absolute Gasteiger partial charge is 0.338 e. The summed E-state index contributed by atoms with van der Waals surface area (Å²) in [5.41, 5.74) is 5.65. The van der Waals surface area contributed by atoms with Crippen molar-refractivity contribution in [2.75, 3.05) is 0 Å². The number of ether oxygens (including phenoxy) is 1. The van der Waals surface area contributed by atoms with Crippen molar-refractivity contribution in [2.45, 2.75) is 19.6 Å². The van der Waals surface area contributed by atoms with Crippen LogP contribution in [0.25, 0.3) is 0 Å². The summed E-state index contributed by atoms with van der Waals surface area (Å²) in [6, 6.07) is 5.04. The van der Waals surface area contributed by atoms with E-state index in [1.165, 1.54) is 19.1 Å². The molecule has 0 heterocycles. The third kappa shape index (κ3) is 4.40. The Hall–Kier alpha value is -2.41. The van der Waals surface area contributed by atoms with Gasteiger partial charge in [-0.2, -0.15) is 0 Å². The molecule has 0 aromatic heterocycles. The zero-order chi connectivity index (χ0) is 14.4. The summed E-state index contributed by atoms with van der Waals surface area (Å²) in [6.45, 7) is 1.19. The topological polar surface area (TPSA) is 119 Å². The molecule has 7 heteroatoms. The summed E-state index contributed by atoms with van der Waals surface area (Å²) in [5.74, 6) is -1.51. The number of primary amides is 1. The molecule has 102 valence electrons. The minimum Gasteiger partial charge on any atom is -0.449 e. The van der Waals surface area contributed by atoms with E-state index in [9.17, 15) is 14.4 Å². The van der Waals surface area contributed by atoms with Gasteiger partial charge in [0.25, 0.3) is 5.91 Å². The molecule has 0 radical (unpaired) electrons. The van der Waals surface area contributed by atoms with E-state index >= 15 is 0 Å². The average molecular weight is 266 g/mol. The Morgan fingerprint density at radius 1 is 1.32 bits per heavy atom. The Balaban J connectivity index is 2.63. The highest BCUT2D eigenvalue weighted by molar-refractivity contribution is 5.98. The number of nitrogens with one attached hydrogen (secondary N) is 1. The minimum absolute atomic E-state index is 0.132. The maximum absolute atomic E-state index is 11.7. The summed E-state index contributed by atoms with van der Waals surface area (Å²) in [5, 5.41) is 10.7. The number of aliphatic hydroxyl groups is 1. The molecule has 0 saturated heterocycles. The maximum atomic E-state index is 11.7. The zero-order valence-corrected chi connectivity index (χ0v) is 10.3. The van der Waals surface area contributed by atoms with E-state index in [2.05, 4.69) is 0 Å². The number of esters is 1. The van der Waals surface area contributed by atoms with Gasteiger partial charge in [0.05, 0.1) is 12.2 Å². The van der Waals surface area contributed by atoms with Gasteiger partial charge >= 0.3 is 12.0 Å². The van der Waals surface area contributed by atoms with Gasteiger partial charge in [0.15, 0.2) is 6.10 Å². The van der Waals surface area contributed by atoms with Crippen molar-refractivity contribution in [3.8, 4) is 0 Å². The average Bonchev–Trinajstić information content (AvgIpc) is 2.37. The first-order valence-electron chi connectivity index (χ1n) is 5.45. The molecule has 0 saturated carbocycles. The zero-order valence-electron chi connectivity index (χ0n) is 10.3. The molecule has 0 bridgehead atoms. The number of carbonyl (C=O) groups is 3. The molecule has 0 aliphatic heterocycles. The maximum Gasteiger partial charge on any atom is 0.338 e. The van der Waals surface area contributed by atoms with E-state index in [0.29, 0.717) is 5.56 Å². The number of rotatable bonds is 4. The fraction of sp³-hybridized carbons (Fsp3) is 0.250. The van der Waals surface area contributed by atoms with Gasteiger partial charge in [-0.15, -0.1) is 0 Å². The highest BCUT2D eigenvalue weighted by atomic mass is 16.5. The molecule has 1 rings (SSSR count). The molecular formula is C12H14N2O5. The second-order valence-corrected chi connectivity index (χ2v) is 3.76. The number of urea groups is 1. The van der Waals surface area contributed by atoms with Crippen LogP contribution in [0.4, 0.5) is 4.79 Å². The SMILES string of the molecule is CC(OC(=O)c1ccc(CO)cc1)C(=O)NC(N)=O. The molecule has 1 unspecified atom stereocenters. The van der Waals surface area contributed by atoms with E-state index in [-0.39, 0.29) is 12.2 Å². The van der Waals surface area contributed by atoms with Gasteiger partial charge in [0.2, 0.25) is 0 Å². The van der Waals surface area contributed by atoms with Crippen molar-refractivity contribution < 1.29 is 24.2 Å². The Morgan fingerprint density at radius 2 is 1.89 bits per heavy atom. The van der Waals surface area contributed by atoms with Crippen LogP contribution in [0.1, 0.15) is 22.8 Å². The molecule has 3 amide bonds. The van der Waals surface area contributed by atoms with E-state index in [1.807, 2.05) is 5.32 Å². The molecular weight excluding hydrogens is 252 g/mol. The summed E-state index contributed by atoms with van der Waals surface area (Å²) in [4.78, 5) is 33.4. The molecule has 19 heavy (non-hydrogen) atoms. The molecule has 0 aliphatic carbocycles. The number of amides is 3. The standard InChI is InChI=1S/C12H14N2O5/c1-7(10(16)14-12(13)18)19-11(17)9-4-2-8(6-15)3-5-9/h2-5,7,15H,6H2,1H3,(H3,13,14,16,18). The van der Waals surface area contributed by atoms with Crippen molar-refractivity contribution in [1.29, 1.82) is 0 Å². The molecule has 7 nitrogen and oxygen atoms in total. The van der Waals surface area contributed by atoms with Crippen molar-refractivity contribution in [3.63, 3.8) is 0 Å². The van der Waals surface area contributed by atoms with Gasteiger partial charge in [-0.25, -0.2) is 9.59 Å². The van der Waals surface area contributed by atoms with E-state index < -0.39 is 24.0 Å². The third-order valence-corrected chi connectivity index (χ3v) is 2.27. The van der Waals surface area contributed by atoms with Crippen LogP contribution < -0.4 is 11.1 Å². The molecule has 0 aliphatic rings. The van der Waals surface area contributed by atoms with Crippen LogP contribution in [0.3, 0.4) is 0 Å². The Labute approximate surface area is 109 Å². The van der Waals surface area contributed by atoms with Crippen molar-refractivity contribution in [3.05, 3.63) is 35.4 Å². The number of imide groups is 1. The molecule has 4 N–H and O–H groups in total. The lowest BCUT2D eigenvalue weighted by molar-refractivity contribution is -0.127. The van der Waals surface area contributed by atoms with Crippen molar-refractivity contribution in [2.24, 2.45) is 5.73 Å². The van der Waals surface area contributed by atoms with E-state index in [0.717, 1.165) is 0 Å². The molecule has 1 aromatic carbocycles. The van der Waals surface area contributed by atoms with Crippen LogP contribution in [0.2, 0.25) is 0 Å². The number of aliphatic hydroxyl groups excluding tert-OH is 1. The van der Waals surface area contributed by atoms with Crippen LogP contribution in [0, 0.1) is 0 Å². The summed E-state index contributed by atoms with van der Waals surface area (Å²) < 4.78 is 4.85. The molecule has 1 atom stereocenters. The number of benzene rings is 1. The Bertz CT molecular complexity index is 483. The van der Waals surface area contributed by atoms with Crippen molar-refractivity contribution in [1.82, 2.24) is 5.32 Å². The molecule has 0 fully saturated rings. The second kappa shape index (κ2) is 6.50. The lowest BCUT2D eigenvalue weighted by atomic mass is 10.1. The quantitative estimate of drug-likeness (QED) is 0.658. The first-order chi connectivity index (χ1) is 8.93. The first kappa shape index (κ1) is 14.7. The largest absolute Gasteiger partial charge is 0.449 e. The lowest BCUT2D eigenvalue weighted by Crippen LogP contribution is -2.42. The van der Waals surface area contributed by atoms with Crippen LogP contribution in [0.15, 0.2) is 24.3 Å². The summed E-state index contributed by atoms with van der Waals surface area (Å²) in [7, 11) is 0. The van der Waals surface area contributed by atoms with Gasteiger partial charge < -0.3 is 15.6 Å². The fourth-order valence-corrected chi connectivity index (χ4v) is 1.25. The molecule has 0 spiro atoms. The molecule has 1 aromatic rings. The number of carbonyl (C=O) groups excluding carboxylic acids is 3. The van der Waals surface area contributed by atoms with Crippen LogP contribution >= 0.6 is 0 Å². The van der Waals surface area contributed by atoms with Gasteiger partial charge in [0, 0.05) is 0 Å². The number of hydrogen-bond donors (Lipinski definition) is 3. The highest BCUT2D eigenvalue weighted by Gasteiger charge is 2.19. The predicted molar refractivity (Wildman–Crippen MR) is 65.0 cm³/mol. The van der Waals surface area contributed by atoms with Gasteiger partial charge in [0.1, 0.15) is 0 Å². The monoisotopic (exact) mass is 266 g/mol. The lowest BCUT2D eigenvalue weighted by Gasteiger charge is -2.12. The first-order valence-corrected chi connectivity index (χ1v) is 5.45. The van der Waals surface area contributed by atoms with E-state index in [1.54, 1.807) is 12.1 Å². The van der Waals surface area contributed by atoms with Gasteiger partial charge in [-0.3, -0.25) is 10.1 Å². The highest BCUT2D eigenvalue weighted by Crippen LogP contribution is 2.07. The number of nitrogens with two attached hydrogens (primary N) is 1. The second-order valence-electron chi connectivity index (χ2n) is 3.76. The Morgan fingerprint density at radius 3 is 2.37 bits per heavy atom. The fourth-order valence-electron chi connectivity index (χ4n) is 1.25.